The highest BCUT2D eigenvalue weighted by Crippen LogP contribution is 2.34. The van der Waals surface area contributed by atoms with Gasteiger partial charge in [-0.2, -0.15) is 0 Å². The molecule has 1 saturated heterocycles. The number of anilines is 3. The Balaban J connectivity index is 1.45. The monoisotopic (exact) mass is 561 g/mol. The molecule has 0 aromatic heterocycles. The minimum Gasteiger partial charge on any atom is -0.370 e. The van der Waals surface area contributed by atoms with E-state index in [1.54, 1.807) is 42.5 Å². The normalized spacial score (nSPS) is 19.2. The molecular formula is C27H39N5O4S2. The van der Waals surface area contributed by atoms with Crippen LogP contribution in [0.2, 0.25) is 0 Å². The Kier molecular flexibility index (Phi) is 8.68. The van der Waals surface area contributed by atoms with Gasteiger partial charge in [0, 0.05) is 48.2 Å². The Morgan fingerprint density at radius 2 is 1.79 bits per heavy atom. The van der Waals surface area contributed by atoms with Crippen LogP contribution < -0.4 is 20.3 Å². The first-order valence-electron chi connectivity index (χ1n) is 13.2. The van der Waals surface area contributed by atoms with E-state index in [0.717, 1.165) is 54.4 Å². The van der Waals surface area contributed by atoms with Gasteiger partial charge in [0.2, 0.25) is 10.0 Å². The second-order valence-corrected chi connectivity index (χ2v) is 14.8. The average molecular weight is 562 g/mol. The summed E-state index contributed by atoms with van der Waals surface area (Å²) in [5.74, 6) is 0.761. The molecule has 2 aliphatic rings. The van der Waals surface area contributed by atoms with Gasteiger partial charge in [-0.15, -0.1) is 0 Å². The number of hydrogen-bond donors (Lipinski definition) is 3. The molecule has 4 N–H and O–H groups in total. The van der Waals surface area contributed by atoms with Gasteiger partial charge in [0.1, 0.15) is 0 Å². The Morgan fingerprint density at radius 3 is 2.39 bits per heavy atom. The van der Waals surface area contributed by atoms with Crippen molar-refractivity contribution in [1.82, 2.24) is 0 Å². The van der Waals surface area contributed by atoms with Crippen molar-refractivity contribution in [2.75, 3.05) is 46.7 Å². The molecule has 1 aliphatic carbocycles. The molecule has 2 aromatic carbocycles. The Hall–Kier alpha value is -2.63. The van der Waals surface area contributed by atoms with Crippen molar-refractivity contribution in [3.63, 3.8) is 0 Å². The third-order valence-electron chi connectivity index (χ3n) is 7.39. The first-order valence-corrected chi connectivity index (χ1v) is 16.8. The zero-order valence-electron chi connectivity index (χ0n) is 22.2. The summed E-state index contributed by atoms with van der Waals surface area (Å²) >= 11 is 0. The largest absolute Gasteiger partial charge is 0.370 e. The number of benzene rings is 2. The van der Waals surface area contributed by atoms with Gasteiger partial charge in [-0.25, -0.2) is 17.4 Å². The van der Waals surface area contributed by atoms with Gasteiger partial charge in [0.25, 0.3) is 5.91 Å². The minimum atomic E-state index is -3.61. The van der Waals surface area contributed by atoms with Gasteiger partial charge in [-0.3, -0.25) is 9.10 Å². The summed E-state index contributed by atoms with van der Waals surface area (Å²) in [6.45, 7) is 1.43. The van der Waals surface area contributed by atoms with Gasteiger partial charge in [-0.05, 0) is 61.2 Å². The summed E-state index contributed by atoms with van der Waals surface area (Å²) in [4.78, 5) is 15.8. The molecule has 9 nitrogen and oxygen atoms in total. The maximum atomic E-state index is 13.2. The Labute approximate surface area is 226 Å². The van der Waals surface area contributed by atoms with Crippen LogP contribution in [0.3, 0.4) is 0 Å². The maximum absolute atomic E-state index is 13.2. The van der Waals surface area contributed by atoms with Crippen LogP contribution in [0, 0.1) is 10.7 Å². The molecule has 1 heterocycles. The van der Waals surface area contributed by atoms with E-state index in [4.69, 9.17) is 10.5 Å². The molecule has 0 bridgehead atoms. The molecule has 0 spiro atoms. The van der Waals surface area contributed by atoms with Gasteiger partial charge in [0.05, 0.1) is 27.2 Å². The minimum absolute atomic E-state index is 0.0581. The number of amides is 1. The number of carbonyl (C=O) groups is 1. The molecule has 2 aromatic rings. The van der Waals surface area contributed by atoms with Crippen LogP contribution in [0.4, 0.5) is 17.1 Å². The number of nitrogens with one attached hydrogen (secondary N) is 2. The molecule has 0 radical (unpaired) electrons. The highest BCUT2D eigenvalue weighted by molar-refractivity contribution is 7.92. The van der Waals surface area contributed by atoms with Gasteiger partial charge < -0.3 is 16.0 Å². The summed E-state index contributed by atoms with van der Waals surface area (Å²) in [7, 11) is -5.08. The van der Waals surface area contributed by atoms with Gasteiger partial charge in [-0.1, -0.05) is 32.1 Å². The summed E-state index contributed by atoms with van der Waals surface area (Å²) in [5.41, 5.74) is 7.80. The topological polar surface area (TPSA) is 137 Å². The maximum Gasteiger partial charge on any atom is 0.257 e. The van der Waals surface area contributed by atoms with Crippen molar-refractivity contribution >= 4 is 42.7 Å². The molecule has 1 amide bonds. The van der Waals surface area contributed by atoms with Crippen molar-refractivity contribution in [1.29, 1.82) is 4.78 Å². The lowest BCUT2D eigenvalue weighted by Gasteiger charge is -2.24. The molecular weight excluding hydrogens is 522 g/mol. The summed E-state index contributed by atoms with van der Waals surface area (Å²) in [5, 5.41) is 2.81. The van der Waals surface area contributed by atoms with Crippen LogP contribution in [0.5, 0.6) is 0 Å². The molecule has 1 unspecified atom stereocenters. The van der Waals surface area contributed by atoms with Crippen LogP contribution in [0.25, 0.3) is 0 Å². The smallest absolute Gasteiger partial charge is 0.257 e. The molecule has 2 fully saturated rings. The second-order valence-electron chi connectivity index (χ2n) is 10.6. The van der Waals surface area contributed by atoms with E-state index in [2.05, 4.69) is 10.2 Å². The number of nitrogens with zero attached hydrogens (tertiary/aromatic N) is 2. The quantitative estimate of drug-likeness (QED) is 0.332. The van der Waals surface area contributed by atoms with E-state index in [0.29, 0.717) is 22.9 Å². The molecule has 38 heavy (non-hydrogen) atoms. The van der Waals surface area contributed by atoms with E-state index in [-0.39, 0.29) is 17.3 Å². The third-order valence-corrected chi connectivity index (χ3v) is 10.5. The summed E-state index contributed by atoms with van der Waals surface area (Å²) < 4.78 is 47.1. The number of hydrogen-bond acceptors (Lipinski definition) is 7. The first kappa shape index (κ1) is 28.4. The number of rotatable bonds is 12. The van der Waals surface area contributed by atoms with E-state index in [1.165, 1.54) is 26.3 Å². The predicted octanol–water partition coefficient (Wildman–Crippen LogP) is 4.25. The number of carbonyl (C=O) groups excluding carboxylic acids is 1. The van der Waals surface area contributed by atoms with Crippen LogP contribution >= 0.6 is 0 Å². The molecule has 2 atom stereocenters. The van der Waals surface area contributed by atoms with E-state index in [9.17, 15) is 17.4 Å². The fraction of sp³-hybridized carbons (Fsp3) is 0.519. The lowest BCUT2D eigenvalue weighted by molar-refractivity contribution is 0.102. The zero-order chi connectivity index (χ0) is 27.5. The van der Waals surface area contributed by atoms with Crippen LogP contribution in [0.1, 0.15) is 55.3 Å². The summed E-state index contributed by atoms with van der Waals surface area (Å²) in [6.07, 6.45) is 8.76. The van der Waals surface area contributed by atoms with Crippen molar-refractivity contribution in [2.45, 2.75) is 55.9 Å². The highest BCUT2D eigenvalue weighted by atomic mass is 32.2. The SMILES string of the molecule is CN(c1cc(N2CC[C@@H](N)C2)ccc1C(=O)Nc1ccc(S(=N)(=O)CCCCCC2CC2)cc1)S(C)(=O)=O. The van der Waals surface area contributed by atoms with Crippen molar-refractivity contribution in [3.8, 4) is 0 Å². The van der Waals surface area contributed by atoms with Crippen LogP contribution in [-0.2, 0) is 19.8 Å². The second kappa shape index (κ2) is 11.6. The van der Waals surface area contributed by atoms with Crippen LogP contribution in [0.15, 0.2) is 47.4 Å². The number of nitrogens with two attached hydrogens (primary N) is 1. The van der Waals surface area contributed by atoms with E-state index in [1.807, 2.05) is 0 Å². The predicted molar refractivity (Wildman–Crippen MR) is 154 cm³/mol. The third kappa shape index (κ3) is 7.27. The lowest BCUT2D eigenvalue weighted by atomic mass is 10.1. The Morgan fingerprint density at radius 1 is 1.08 bits per heavy atom. The first-order chi connectivity index (χ1) is 17.9. The lowest BCUT2D eigenvalue weighted by Crippen LogP contribution is -2.29. The van der Waals surface area contributed by atoms with E-state index < -0.39 is 25.7 Å². The van der Waals surface area contributed by atoms with Crippen molar-refractivity contribution < 1.29 is 17.4 Å². The molecule has 4 rings (SSSR count). The standard InChI is InChI=1S/C27H39N5O4S2/c1-31(37(2,34)35)26-18-23(32-16-15-21(28)19-32)11-14-25(26)27(33)30-22-9-12-24(13-10-22)38(29,36)17-5-3-4-6-20-7-8-20/h9-14,18,20-21,29H,3-8,15-17,19,28H2,1-2H3,(H,30,33)/t21-,38?/m1/s1. The van der Waals surface area contributed by atoms with Crippen molar-refractivity contribution in [2.24, 2.45) is 11.7 Å². The number of unbranched alkanes of at least 4 members (excludes halogenated alkanes) is 2. The number of sulfonamides is 1. The molecule has 11 heteroatoms. The summed E-state index contributed by atoms with van der Waals surface area (Å²) in [6, 6.07) is 11.7. The molecule has 1 aliphatic heterocycles. The van der Waals surface area contributed by atoms with Crippen molar-refractivity contribution in [3.05, 3.63) is 48.0 Å². The van der Waals surface area contributed by atoms with Crippen LogP contribution in [-0.4, -0.2) is 56.7 Å². The van der Waals surface area contributed by atoms with Gasteiger partial charge >= 0.3 is 0 Å². The van der Waals surface area contributed by atoms with Gasteiger partial charge in [0.15, 0.2) is 0 Å². The molecule has 1 saturated carbocycles. The fourth-order valence-electron chi connectivity index (χ4n) is 4.77. The zero-order valence-corrected chi connectivity index (χ0v) is 23.8. The molecule has 208 valence electrons. The highest BCUT2D eigenvalue weighted by Gasteiger charge is 2.25. The average Bonchev–Trinajstić information content (AvgIpc) is 3.60. The Bertz CT molecular complexity index is 1360. The fourth-order valence-corrected chi connectivity index (χ4v) is 6.70. The van der Waals surface area contributed by atoms with E-state index >= 15 is 0 Å².